The van der Waals surface area contributed by atoms with Gasteiger partial charge in [0.1, 0.15) is 0 Å². The second kappa shape index (κ2) is 3.26. The van der Waals surface area contributed by atoms with E-state index in [0.717, 1.165) is 12.8 Å². The van der Waals surface area contributed by atoms with Crippen LogP contribution in [-0.2, 0) is 4.74 Å². The Balaban J connectivity index is 2.36. The lowest BCUT2D eigenvalue weighted by Gasteiger charge is -2.18. The van der Waals surface area contributed by atoms with E-state index in [2.05, 4.69) is 4.74 Å². The van der Waals surface area contributed by atoms with Gasteiger partial charge in [0, 0.05) is 0 Å². The van der Waals surface area contributed by atoms with Gasteiger partial charge in [0.15, 0.2) is 0 Å². The van der Waals surface area contributed by atoms with Crippen LogP contribution >= 0.6 is 0 Å². The van der Waals surface area contributed by atoms with E-state index >= 15 is 0 Å². The number of hydrogen-bond acceptors (Lipinski definition) is 1. The highest BCUT2D eigenvalue weighted by Gasteiger charge is 2.32. The number of rotatable bonds is 1. The summed E-state index contributed by atoms with van der Waals surface area (Å²) < 4.78 is 38.5. The van der Waals surface area contributed by atoms with Crippen LogP contribution in [0.25, 0.3) is 0 Å². The summed E-state index contributed by atoms with van der Waals surface area (Å²) in [5.41, 5.74) is 0. The van der Waals surface area contributed by atoms with Crippen molar-refractivity contribution in [3.8, 4) is 0 Å². The summed E-state index contributed by atoms with van der Waals surface area (Å²) in [6, 6.07) is 0. The number of allylic oxidation sites excluding steroid dienone is 1. The van der Waals surface area contributed by atoms with Crippen LogP contribution in [0, 0.1) is 0 Å². The van der Waals surface area contributed by atoms with E-state index < -0.39 is 12.5 Å². The minimum absolute atomic E-state index is 0.468. The first kappa shape index (κ1) is 8.59. The van der Waals surface area contributed by atoms with Crippen LogP contribution in [-0.4, -0.2) is 12.5 Å². The van der Waals surface area contributed by atoms with Crippen LogP contribution in [0.4, 0.5) is 13.2 Å². The summed E-state index contributed by atoms with van der Waals surface area (Å²) in [5, 5.41) is 0. The summed E-state index contributed by atoms with van der Waals surface area (Å²) >= 11 is 0. The molecule has 0 N–H and O–H groups in total. The van der Waals surface area contributed by atoms with E-state index in [1.807, 2.05) is 0 Å². The average Bonchev–Trinajstić information content (AvgIpc) is 1.85. The van der Waals surface area contributed by atoms with Gasteiger partial charge in [-0.05, 0) is 19.3 Å². The van der Waals surface area contributed by atoms with E-state index in [1.54, 1.807) is 6.08 Å². The first-order valence-electron chi connectivity index (χ1n) is 3.49. The molecule has 64 valence electrons. The summed E-state index contributed by atoms with van der Waals surface area (Å²) in [6.45, 7) is 0. The second-order valence-electron chi connectivity index (χ2n) is 2.46. The van der Waals surface area contributed by atoms with Crippen molar-refractivity contribution in [1.82, 2.24) is 0 Å². The molecule has 0 aromatic heterocycles. The molecule has 1 aliphatic rings. The van der Waals surface area contributed by atoms with Crippen LogP contribution in [0.2, 0.25) is 0 Å². The Hall–Kier alpha value is -0.510. The SMILES string of the molecule is FC(F)(F)OC1C=CCCC1. The Morgan fingerprint density at radius 2 is 2.09 bits per heavy atom. The Kier molecular flexibility index (Phi) is 2.54. The predicted octanol–water partition coefficient (Wildman–Crippen LogP) is 2.63. The molecule has 0 saturated heterocycles. The van der Waals surface area contributed by atoms with Crippen molar-refractivity contribution in [2.24, 2.45) is 0 Å². The van der Waals surface area contributed by atoms with Crippen LogP contribution in [0.5, 0.6) is 0 Å². The highest BCUT2D eigenvalue weighted by molar-refractivity contribution is 4.94. The molecule has 0 amide bonds. The Morgan fingerprint density at radius 3 is 2.55 bits per heavy atom. The van der Waals surface area contributed by atoms with Crippen molar-refractivity contribution in [2.75, 3.05) is 0 Å². The van der Waals surface area contributed by atoms with Crippen LogP contribution in [0.15, 0.2) is 12.2 Å². The van der Waals surface area contributed by atoms with E-state index in [0.29, 0.717) is 6.42 Å². The maximum absolute atomic E-state index is 11.6. The van der Waals surface area contributed by atoms with Gasteiger partial charge in [-0.25, -0.2) is 0 Å². The van der Waals surface area contributed by atoms with Gasteiger partial charge >= 0.3 is 6.36 Å². The summed E-state index contributed by atoms with van der Waals surface area (Å²) in [4.78, 5) is 0. The summed E-state index contributed by atoms with van der Waals surface area (Å²) in [7, 11) is 0. The fourth-order valence-electron chi connectivity index (χ4n) is 1.05. The Labute approximate surface area is 62.8 Å². The molecule has 1 nitrogen and oxygen atoms in total. The number of halogens is 3. The van der Waals surface area contributed by atoms with Gasteiger partial charge in [-0.15, -0.1) is 13.2 Å². The maximum atomic E-state index is 11.6. The van der Waals surface area contributed by atoms with Crippen molar-refractivity contribution in [3.05, 3.63) is 12.2 Å². The van der Waals surface area contributed by atoms with Crippen LogP contribution in [0.3, 0.4) is 0 Å². The highest BCUT2D eigenvalue weighted by Crippen LogP contribution is 2.23. The Morgan fingerprint density at radius 1 is 1.36 bits per heavy atom. The monoisotopic (exact) mass is 166 g/mol. The van der Waals surface area contributed by atoms with Gasteiger partial charge in [0.05, 0.1) is 6.10 Å². The molecule has 1 atom stereocenters. The summed E-state index contributed by atoms with van der Waals surface area (Å²) in [5.74, 6) is 0. The van der Waals surface area contributed by atoms with E-state index in [1.165, 1.54) is 6.08 Å². The van der Waals surface area contributed by atoms with Gasteiger partial charge < -0.3 is 0 Å². The zero-order valence-electron chi connectivity index (χ0n) is 5.90. The molecule has 0 spiro atoms. The molecule has 0 bridgehead atoms. The van der Waals surface area contributed by atoms with E-state index in [9.17, 15) is 13.2 Å². The van der Waals surface area contributed by atoms with E-state index in [-0.39, 0.29) is 0 Å². The third-order valence-electron chi connectivity index (χ3n) is 1.50. The molecular formula is C7H9F3O. The molecule has 0 saturated carbocycles. The third-order valence-corrected chi connectivity index (χ3v) is 1.50. The lowest BCUT2D eigenvalue weighted by Crippen LogP contribution is -2.23. The molecule has 0 fully saturated rings. The topological polar surface area (TPSA) is 9.23 Å². The van der Waals surface area contributed by atoms with E-state index in [4.69, 9.17) is 0 Å². The minimum atomic E-state index is -4.49. The fourth-order valence-corrected chi connectivity index (χ4v) is 1.05. The molecule has 0 aromatic rings. The normalized spacial score (nSPS) is 25.5. The highest BCUT2D eigenvalue weighted by atomic mass is 19.4. The third kappa shape index (κ3) is 3.41. The van der Waals surface area contributed by atoms with Gasteiger partial charge in [0.25, 0.3) is 0 Å². The summed E-state index contributed by atoms with van der Waals surface area (Å²) in [6.07, 6.45) is 0.0394. The Bertz CT molecular complexity index is 150. The van der Waals surface area contributed by atoms with Gasteiger partial charge in [-0.2, -0.15) is 0 Å². The quantitative estimate of drug-likeness (QED) is 0.544. The molecule has 0 heterocycles. The molecule has 0 aromatic carbocycles. The lowest BCUT2D eigenvalue weighted by molar-refractivity contribution is -0.337. The molecular weight excluding hydrogens is 157 g/mol. The van der Waals surface area contributed by atoms with Crippen molar-refractivity contribution in [1.29, 1.82) is 0 Å². The van der Waals surface area contributed by atoms with Crippen molar-refractivity contribution < 1.29 is 17.9 Å². The molecule has 1 rings (SSSR count). The molecule has 4 heteroatoms. The standard InChI is InChI=1S/C7H9F3O/c8-7(9,10)11-6-4-2-1-3-5-6/h2,4,6H,1,3,5H2. The smallest absolute Gasteiger partial charge is 0.284 e. The molecule has 0 radical (unpaired) electrons. The van der Waals surface area contributed by atoms with Crippen LogP contribution in [0.1, 0.15) is 19.3 Å². The molecule has 11 heavy (non-hydrogen) atoms. The maximum Gasteiger partial charge on any atom is 0.523 e. The lowest BCUT2D eigenvalue weighted by atomic mass is 10.1. The van der Waals surface area contributed by atoms with Gasteiger partial charge in [0.2, 0.25) is 0 Å². The zero-order valence-corrected chi connectivity index (χ0v) is 5.90. The number of alkyl halides is 3. The second-order valence-corrected chi connectivity index (χ2v) is 2.46. The van der Waals surface area contributed by atoms with Gasteiger partial charge in [-0.3, -0.25) is 4.74 Å². The number of ether oxygens (including phenoxy) is 1. The number of hydrogen-bond donors (Lipinski definition) is 0. The molecule has 1 aliphatic carbocycles. The first-order chi connectivity index (χ1) is 5.08. The zero-order chi connectivity index (χ0) is 8.32. The van der Waals surface area contributed by atoms with Crippen molar-refractivity contribution >= 4 is 0 Å². The molecule has 1 unspecified atom stereocenters. The largest absolute Gasteiger partial charge is 0.523 e. The van der Waals surface area contributed by atoms with Crippen molar-refractivity contribution in [3.63, 3.8) is 0 Å². The minimum Gasteiger partial charge on any atom is -0.284 e. The first-order valence-corrected chi connectivity index (χ1v) is 3.49. The predicted molar refractivity (Wildman–Crippen MR) is 33.9 cm³/mol. The van der Waals surface area contributed by atoms with Crippen molar-refractivity contribution in [2.45, 2.75) is 31.7 Å². The fraction of sp³-hybridized carbons (Fsp3) is 0.714. The van der Waals surface area contributed by atoms with Gasteiger partial charge in [-0.1, -0.05) is 12.2 Å². The average molecular weight is 166 g/mol. The molecule has 0 aliphatic heterocycles. The van der Waals surface area contributed by atoms with Crippen LogP contribution < -0.4 is 0 Å².